The molecule has 22 atom stereocenters. The average Bonchev–Trinajstić information content (AvgIpc) is 3.53. The van der Waals surface area contributed by atoms with Crippen LogP contribution in [0.3, 0.4) is 0 Å². The molecule has 8 rings (SSSR count). The van der Waals surface area contributed by atoms with Crippen molar-refractivity contribution in [3.63, 3.8) is 0 Å². The summed E-state index contributed by atoms with van der Waals surface area (Å²) in [5.41, 5.74) is -0.196. The van der Waals surface area contributed by atoms with E-state index in [0.29, 0.717) is 41.8 Å². The second-order valence-electron chi connectivity index (χ2n) is 18.7. The Kier molecular flexibility index (Phi) is 9.60. The van der Waals surface area contributed by atoms with Crippen molar-refractivity contribution in [3.8, 4) is 0 Å². The van der Waals surface area contributed by atoms with Gasteiger partial charge in [0.1, 0.15) is 42.4 Å². The molecule has 0 amide bonds. The van der Waals surface area contributed by atoms with Gasteiger partial charge in [0.2, 0.25) is 0 Å². The fourth-order valence-electron chi connectivity index (χ4n) is 13.0. The van der Waals surface area contributed by atoms with Gasteiger partial charge in [-0.05, 0) is 99.2 Å². The molecule has 0 aromatic heterocycles. The second-order valence-corrected chi connectivity index (χ2v) is 18.7. The second kappa shape index (κ2) is 13.2. The Hall–Kier alpha value is -0.770. The van der Waals surface area contributed by atoms with Crippen LogP contribution in [0.1, 0.15) is 99.3 Å². The Morgan fingerprint density at radius 1 is 0.745 bits per heavy atom. The third-order valence-electron chi connectivity index (χ3n) is 15.8. The summed E-state index contributed by atoms with van der Waals surface area (Å²) in [6.45, 7) is 13.3. The predicted molar refractivity (Wildman–Crippen MR) is 181 cm³/mol. The summed E-state index contributed by atoms with van der Waals surface area (Å²) < 4.78 is 37.2. The highest BCUT2D eigenvalue weighted by atomic mass is 16.7. The van der Waals surface area contributed by atoms with Gasteiger partial charge in [0, 0.05) is 24.7 Å². The van der Waals surface area contributed by atoms with Crippen molar-refractivity contribution in [1.29, 1.82) is 0 Å². The van der Waals surface area contributed by atoms with E-state index >= 15 is 0 Å². The molecule has 2 unspecified atom stereocenters. The Morgan fingerprint density at radius 3 is 2.18 bits per heavy atom. The smallest absolute Gasteiger partial charge is 0.187 e. The molecule has 0 bridgehead atoms. The van der Waals surface area contributed by atoms with Crippen molar-refractivity contribution >= 4 is 5.78 Å². The first-order valence-corrected chi connectivity index (χ1v) is 19.9. The molecule has 51 heavy (non-hydrogen) atoms. The molecule has 8 aliphatic rings. The van der Waals surface area contributed by atoms with Gasteiger partial charge in [0.25, 0.3) is 0 Å². The zero-order chi connectivity index (χ0) is 36.4. The molecule has 12 nitrogen and oxygen atoms in total. The number of hydrogen-bond acceptors (Lipinski definition) is 12. The van der Waals surface area contributed by atoms with Crippen molar-refractivity contribution < 1.29 is 58.7 Å². The van der Waals surface area contributed by atoms with Gasteiger partial charge in [0.15, 0.2) is 18.4 Å². The average molecular weight is 723 g/mol. The van der Waals surface area contributed by atoms with Crippen LogP contribution in [0.2, 0.25) is 0 Å². The number of hydrogen-bond donors (Lipinski definition) is 5. The molecule has 290 valence electrons. The normalized spacial score (nSPS) is 60.0. The van der Waals surface area contributed by atoms with E-state index in [0.717, 1.165) is 58.0 Å². The zero-order valence-electron chi connectivity index (χ0n) is 31.1. The fraction of sp³-hybridized carbons (Fsp3) is 0.974. The summed E-state index contributed by atoms with van der Waals surface area (Å²) in [5.74, 6) is 2.25. The molecule has 0 radical (unpaired) electrons. The summed E-state index contributed by atoms with van der Waals surface area (Å²) >= 11 is 0. The van der Waals surface area contributed by atoms with Crippen LogP contribution in [0, 0.1) is 52.3 Å². The minimum atomic E-state index is -1.55. The van der Waals surface area contributed by atoms with Gasteiger partial charge in [-0.2, -0.15) is 0 Å². The maximum atomic E-state index is 14.5. The Bertz CT molecular complexity index is 1310. The van der Waals surface area contributed by atoms with E-state index in [-0.39, 0.29) is 34.9 Å². The molecular formula is C39H62O12. The molecule has 8 fully saturated rings. The summed E-state index contributed by atoms with van der Waals surface area (Å²) in [6.07, 6.45) is -4.14. The summed E-state index contributed by atoms with van der Waals surface area (Å²) in [5, 5.41) is 52.9. The van der Waals surface area contributed by atoms with Crippen molar-refractivity contribution in [2.24, 2.45) is 52.3 Å². The van der Waals surface area contributed by atoms with Crippen molar-refractivity contribution in [2.45, 2.75) is 179 Å². The van der Waals surface area contributed by atoms with Crippen molar-refractivity contribution in [3.05, 3.63) is 0 Å². The third-order valence-corrected chi connectivity index (χ3v) is 15.8. The number of fused-ring (bicyclic) bond motifs is 7. The first-order valence-electron chi connectivity index (χ1n) is 19.9. The van der Waals surface area contributed by atoms with Crippen molar-refractivity contribution in [1.82, 2.24) is 0 Å². The molecule has 4 aliphatic heterocycles. The van der Waals surface area contributed by atoms with Gasteiger partial charge < -0.3 is 54.0 Å². The Labute approximate surface area is 301 Å². The highest BCUT2D eigenvalue weighted by molar-refractivity contribution is 5.84. The van der Waals surface area contributed by atoms with E-state index in [9.17, 15) is 30.3 Å². The lowest BCUT2D eigenvalue weighted by atomic mass is 9.44. The number of aliphatic hydroxyl groups excluding tert-OH is 5. The van der Waals surface area contributed by atoms with E-state index in [1.807, 2.05) is 0 Å². The SMILES string of the molecule is C[C@@H]1CC[C@@]2(OC1)OC1C[C@H]3[C@@H]4CC[C@H]5C[C@@H](O[C@@H]6O[C@H](C)[C@@H](O[C@@H]7O[C@H](C)[C@@H](O)[C@H](O)[C@H]7O)[C@H](O)[C@H]6O)CC[C@]5(C)[C@H]4C(=O)C[C@]3(C)C1[C@@H]2C. The monoisotopic (exact) mass is 722 g/mol. The number of carbonyl (C=O) groups excluding carboxylic acids is 1. The lowest BCUT2D eigenvalue weighted by molar-refractivity contribution is -0.357. The van der Waals surface area contributed by atoms with E-state index < -0.39 is 67.2 Å². The Morgan fingerprint density at radius 2 is 1.45 bits per heavy atom. The number of aliphatic hydroxyl groups is 5. The van der Waals surface area contributed by atoms with Gasteiger partial charge >= 0.3 is 0 Å². The van der Waals surface area contributed by atoms with Gasteiger partial charge in [-0.25, -0.2) is 0 Å². The van der Waals surface area contributed by atoms with Crippen LogP contribution in [0.4, 0.5) is 0 Å². The number of carbonyl (C=O) groups is 1. The van der Waals surface area contributed by atoms with Crippen LogP contribution in [-0.2, 0) is 33.2 Å². The zero-order valence-corrected chi connectivity index (χ0v) is 31.1. The molecule has 4 saturated carbocycles. The van der Waals surface area contributed by atoms with Crippen LogP contribution in [-0.4, -0.2) is 117 Å². The molecule has 1 spiro atoms. The Balaban J connectivity index is 0.904. The van der Waals surface area contributed by atoms with E-state index in [4.69, 9.17) is 28.4 Å². The standard InChI is InChI=1S/C39H62O12/c1-17-9-12-39(46-16-17)18(2)27-26(51-39)14-24-23-8-7-21-13-22(10-11-37(21,5)28(23)25(40)15-38(24,27)6)49-35-33(45)31(43)34(20(4)48-35)50-36-32(44)30(42)29(41)19(3)47-36/h17-24,26-36,41-45H,7-16H2,1-6H3/t17-,18+,19-,20-,21+,22+,23+,24+,26?,27?,28-,29-,30+,31-,32-,33-,34-,35+,36+,37+,38+,39-/m1/s1. The van der Waals surface area contributed by atoms with E-state index in [1.54, 1.807) is 13.8 Å². The topological polar surface area (TPSA) is 174 Å². The fourth-order valence-corrected chi connectivity index (χ4v) is 13.0. The number of Topliss-reactive ketones (excluding diaryl/α,β-unsaturated/α-hetero) is 1. The first kappa shape index (κ1) is 37.2. The summed E-state index contributed by atoms with van der Waals surface area (Å²) in [4.78, 5) is 14.5. The molecule has 4 aliphatic carbocycles. The molecule has 12 heteroatoms. The molecular weight excluding hydrogens is 660 g/mol. The number of ketones is 1. The van der Waals surface area contributed by atoms with Gasteiger partial charge in [0.05, 0.1) is 31.0 Å². The largest absolute Gasteiger partial charge is 0.388 e. The van der Waals surface area contributed by atoms with E-state index in [1.165, 1.54) is 0 Å². The summed E-state index contributed by atoms with van der Waals surface area (Å²) in [7, 11) is 0. The van der Waals surface area contributed by atoms with Crippen LogP contribution in [0.5, 0.6) is 0 Å². The van der Waals surface area contributed by atoms with Crippen LogP contribution in [0.15, 0.2) is 0 Å². The van der Waals surface area contributed by atoms with Crippen LogP contribution >= 0.6 is 0 Å². The number of rotatable bonds is 4. The van der Waals surface area contributed by atoms with Crippen molar-refractivity contribution in [2.75, 3.05) is 6.61 Å². The van der Waals surface area contributed by atoms with Gasteiger partial charge in [-0.3, -0.25) is 4.79 Å². The predicted octanol–water partition coefficient (Wildman–Crippen LogP) is 2.68. The highest BCUT2D eigenvalue weighted by Crippen LogP contribution is 2.70. The summed E-state index contributed by atoms with van der Waals surface area (Å²) in [6, 6.07) is 0. The lowest BCUT2D eigenvalue weighted by Gasteiger charge is -2.60. The molecule has 0 aromatic carbocycles. The number of ether oxygens (including phenoxy) is 6. The maximum Gasteiger partial charge on any atom is 0.187 e. The minimum Gasteiger partial charge on any atom is -0.388 e. The molecule has 4 heterocycles. The minimum absolute atomic E-state index is 0.0288. The van der Waals surface area contributed by atoms with E-state index in [2.05, 4.69) is 27.7 Å². The molecule has 5 N–H and O–H groups in total. The maximum absolute atomic E-state index is 14.5. The highest BCUT2D eigenvalue weighted by Gasteiger charge is 2.71. The van der Waals surface area contributed by atoms with Gasteiger partial charge in [-0.1, -0.05) is 27.7 Å². The lowest BCUT2D eigenvalue weighted by Crippen LogP contribution is -2.63. The molecule has 0 aromatic rings. The van der Waals surface area contributed by atoms with Crippen LogP contribution in [0.25, 0.3) is 0 Å². The van der Waals surface area contributed by atoms with Gasteiger partial charge in [-0.15, -0.1) is 0 Å². The quantitative estimate of drug-likeness (QED) is 0.269. The van der Waals surface area contributed by atoms with Crippen LogP contribution < -0.4 is 0 Å². The third kappa shape index (κ3) is 5.75. The first-order chi connectivity index (χ1) is 24.1. The molecule has 4 saturated heterocycles.